The summed E-state index contributed by atoms with van der Waals surface area (Å²) in [6.45, 7) is 3.74. The quantitative estimate of drug-likeness (QED) is 0.826. The fourth-order valence-electron chi connectivity index (χ4n) is 2.47. The normalized spacial score (nSPS) is 12.8. The van der Waals surface area contributed by atoms with Crippen molar-refractivity contribution in [2.75, 3.05) is 13.6 Å². The lowest BCUT2D eigenvalue weighted by atomic mass is 10.1. The van der Waals surface area contributed by atoms with Crippen LogP contribution >= 0.6 is 0 Å². The van der Waals surface area contributed by atoms with Crippen LogP contribution in [-0.2, 0) is 21.2 Å². The van der Waals surface area contributed by atoms with Crippen molar-refractivity contribution in [3.63, 3.8) is 0 Å². The summed E-state index contributed by atoms with van der Waals surface area (Å²) in [4.78, 5) is 12.4. The molecule has 2 aromatic rings. The highest BCUT2D eigenvalue weighted by Crippen LogP contribution is 2.15. The number of nitrogens with zero attached hydrogens (tertiary/aromatic N) is 1. The number of benzene rings is 2. The van der Waals surface area contributed by atoms with Gasteiger partial charge >= 0.3 is 0 Å². The van der Waals surface area contributed by atoms with Crippen LogP contribution in [0.4, 0.5) is 0 Å². The van der Waals surface area contributed by atoms with E-state index in [1.54, 1.807) is 18.2 Å². The number of nitrogens with one attached hydrogen (secondary N) is 1. The lowest BCUT2D eigenvalue weighted by Crippen LogP contribution is -2.39. The predicted octanol–water partition coefficient (Wildman–Crippen LogP) is 2.75. The lowest BCUT2D eigenvalue weighted by Gasteiger charge is -2.19. The van der Waals surface area contributed by atoms with Crippen LogP contribution in [0.3, 0.4) is 0 Å². The van der Waals surface area contributed by atoms with E-state index < -0.39 is 10.0 Å². The van der Waals surface area contributed by atoms with Gasteiger partial charge in [0.1, 0.15) is 0 Å². The van der Waals surface area contributed by atoms with Crippen molar-refractivity contribution >= 4 is 15.9 Å². The maximum Gasteiger partial charge on any atom is 0.243 e. The molecule has 0 fully saturated rings. The average Bonchev–Trinajstić information content (AvgIpc) is 2.62. The van der Waals surface area contributed by atoms with Crippen molar-refractivity contribution in [1.29, 1.82) is 0 Å². The molecule has 1 unspecified atom stereocenters. The molecule has 6 heteroatoms. The monoisotopic (exact) mass is 360 g/mol. The molecule has 5 nitrogen and oxygen atoms in total. The maximum absolute atomic E-state index is 12.4. The number of carbonyl (C=O) groups excluding carboxylic acids is 1. The number of hydrogen-bond acceptors (Lipinski definition) is 3. The van der Waals surface area contributed by atoms with Gasteiger partial charge in [0, 0.05) is 7.05 Å². The molecule has 0 bridgehead atoms. The first-order chi connectivity index (χ1) is 11.8. The minimum atomic E-state index is -3.67. The van der Waals surface area contributed by atoms with E-state index in [0.29, 0.717) is 0 Å². The van der Waals surface area contributed by atoms with Crippen LogP contribution in [-0.4, -0.2) is 32.2 Å². The van der Waals surface area contributed by atoms with Crippen LogP contribution in [0.15, 0.2) is 59.5 Å². The summed E-state index contributed by atoms with van der Waals surface area (Å²) in [7, 11) is -2.27. The van der Waals surface area contributed by atoms with E-state index in [0.717, 1.165) is 16.3 Å². The highest BCUT2D eigenvalue weighted by Gasteiger charge is 2.23. The minimum Gasteiger partial charge on any atom is -0.348 e. The number of aryl methyl sites for hydroxylation is 1. The molecular weight excluding hydrogens is 336 g/mol. The third kappa shape index (κ3) is 4.90. The van der Waals surface area contributed by atoms with Gasteiger partial charge in [-0.2, -0.15) is 4.31 Å². The molecule has 25 heavy (non-hydrogen) atoms. The second kappa shape index (κ2) is 8.27. The van der Waals surface area contributed by atoms with E-state index in [1.807, 2.05) is 31.2 Å². The first-order valence-electron chi connectivity index (χ1n) is 8.24. The zero-order valence-electron chi connectivity index (χ0n) is 14.8. The highest BCUT2D eigenvalue weighted by molar-refractivity contribution is 7.89. The predicted molar refractivity (Wildman–Crippen MR) is 98.6 cm³/mol. The van der Waals surface area contributed by atoms with Crippen molar-refractivity contribution in [3.05, 3.63) is 65.7 Å². The van der Waals surface area contributed by atoms with E-state index in [1.165, 1.54) is 24.7 Å². The Hall–Kier alpha value is -2.18. The van der Waals surface area contributed by atoms with Gasteiger partial charge in [-0.25, -0.2) is 8.42 Å². The standard InChI is InChI=1S/C19H24N2O3S/c1-4-16-10-12-17(13-11-16)15(2)20-19(22)14-21(3)25(23,24)18-8-6-5-7-9-18/h5-13,15H,4,14H2,1-3H3,(H,20,22). The van der Waals surface area contributed by atoms with Gasteiger partial charge in [-0.3, -0.25) is 4.79 Å². The van der Waals surface area contributed by atoms with Gasteiger partial charge in [0.25, 0.3) is 0 Å². The van der Waals surface area contributed by atoms with E-state index in [2.05, 4.69) is 12.2 Å². The van der Waals surface area contributed by atoms with Crippen LogP contribution < -0.4 is 5.32 Å². The van der Waals surface area contributed by atoms with E-state index in [9.17, 15) is 13.2 Å². The van der Waals surface area contributed by atoms with Gasteiger partial charge in [0.05, 0.1) is 17.5 Å². The summed E-state index contributed by atoms with van der Waals surface area (Å²) >= 11 is 0. The number of hydrogen-bond donors (Lipinski definition) is 1. The molecule has 1 atom stereocenters. The van der Waals surface area contributed by atoms with Crippen molar-refractivity contribution in [1.82, 2.24) is 9.62 Å². The summed E-state index contributed by atoms with van der Waals surface area (Å²) in [5.74, 6) is -0.339. The Morgan fingerprint density at radius 3 is 2.24 bits per heavy atom. The molecule has 2 rings (SSSR count). The molecular formula is C19H24N2O3S. The summed E-state index contributed by atoms with van der Waals surface area (Å²) in [5, 5.41) is 2.84. The molecule has 1 N–H and O–H groups in total. The third-order valence-corrected chi connectivity index (χ3v) is 5.90. The van der Waals surface area contributed by atoms with Crippen molar-refractivity contribution in [2.45, 2.75) is 31.2 Å². The summed E-state index contributed by atoms with van der Waals surface area (Å²) in [5.41, 5.74) is 2.22. The first-order valence-corrected chi connectivity index (χ1v) is 9.68. The van der Waals surface area contributed by atoms with Gasteiger partial charge in [-0.1, -0.05) is 49.4 Å². The molecule has 0 radical (unpaired) electrons. The van der Waals surface area contributed by atoms with Gasteiger partial charge < -0.3 is 5.32 Å². The van der Waals surface area contributed by atoms with Gasteiger partial charge in [0.15, 0.2) is 0 Å². The SMILES string of the molecule is CCc1ccc(C(C)NC(=O)CN(C)S(=O)(=O)c2ccccc2)cc1. The Morgan fingerprint density at radius 1 is 1.08 bits per heavy atom. The zero-order chi connectivity index (χ0) is 18.4. The van der Waals surface area contributed by atoms with Crippen LogP contribution in [0.2, 0.25) is 0 Å². The molecule has 0 aliphatic heterocycles. The highest BCUT2D eigenvalue weighted by atomic mass is 32.2. The molecule has 1 amide bonds. The van der Waals surface area contributed by atoms with Crippen molar-refractivity contribution < 1.29 is 13.2 Å². The maximum atomic E-state index is 12.4. The Labute approximate surface area is 149 Å². The second-order valence-corrected chi connectivity index (χ2v) is 8.00. The largest absolute Gasteiger partial charge is 0.348 e. The van der Waals surface area contributed by atoms with E-state index >= 15 is 0 Å². The van der Waals surface area contributed by atoms with Gasteiger partial charge in [-0.15, -0.1) is 0 Å². The topological polar surface area (TPSA) is 66.5 Å². The summed E-state index contributed by atoms with van der Waals surface area (Å²) < 4.78 is 25.9. The minimum absolute atomic E-state index is 0.175. The fourth-order valence-corrected chi connectivity index (χ4v) is 3.62. The molecule has 0 aliphatic rings. The average molecular weight is 360 g/mol. The molecule has 134 valence electrons. The molecule has 0 aromatic heterocycles. The van der Waals surface area contributed by atoms with Crippen molar-refractivity contribution in [2.24, 2.45) is 0 Å². The molecule has 2 aromatic carbocycles. The van der Waals surface area contributed by atoms with Crippen LogP contribution in [0.5, 0.6) is 0 Å². The molecule has 0 aliphatic carbocycles. The molecule has 0 heterocycles. The summed E-state index contributed by atoms with van der Waals surface area (Å²) in [6, 6.07) is 15.9. The number of amides is 1. The molecule has 0 saturated heterocycles. The van der Waals surface area contributed by atoms with Crippen molar-refractivity contribution in [3.8, 4) is 0 Å². The Balaban J connectivity index is 1.99. The Kier molecular flexibility index (Phi) is 6.33. The Morgan fingerprint density at radius 2 is 1.68 bits per heavy atom. The lowest BCUT2D eigenvalue weighted by molar-refractivity contribution is -0.121. The zero-order valence-corrected chi connectivity index (χ0v) is 15.6. The third-order valence-electron chi connectivity index (χ3n) is 4.08. The first kappa shape index (κ1) is 19.1. The fraction of sp³-hybridized carbons (Fsp3) is 0.316. The van der Waals surface area contributed by atoms with E-state index in [-0.39, 0.29) is 23.4 Å². The molecule has 0 spiro atoms. The van der Waals surface area contributed by atoms with E-state index in [4.69, 9.17) is 0 Å². The number of rotatable bonds is 7. The Bertz CT molecular complexity index is 802. The second-order valence-electron chi connectivity index (χ2n) is 5.96. The van der Waals surface area contributed by atoms with Crippen LogP contribution in [0.1, 0.15) is 31.0 Å². The van der Waals surface area contributed by atoms with Gasteiger partial charge in [-0.05, 0) is 36.6 Å². The number of likely N-dealkylation sites (N-methyl/N-ethyl adjacent to an activating group) is 1. The molecule has 0 saturated carbocycles. The number of sulfonamides is 1. The van der Waals surface area contributed by atoms with Crippen LogP contribution in [0.25, 0.3) is 0 Å². The summed E-state index contributed by atoms with van der Waals surface area (Å²) in [6.07, 6.45) is 0.961. The smallest absolute Gasteiger partial charge is 0.243 e. The number of carbonyl (C=O) groups is 1. The van der Waals surface area contributed by atoms with Crippen LogP contribution in [0, 0.1) is 0 Å². The van der Waals surface area contributed by atoms with Gasteiger partial charge in [0.2, 0.25) is 15.9 Å².